The van der Waals surface area contributed by atoms with Gasteiger partial charge in [-0.3, -0.25) is 0 Å². The molecule has 6 aromatic carbocycles. The highest BCUT2D eigenvalue weighted by Crippen LogP contribution is 2.64. The monoisotopic (exact) mass is 817 g/mol. The van der Waals surface area contributed by atoms with Crippen LogP contribution in [0.25, 0.3) is 33.4 Å². The molecule has 4 aliphatic carbocycles. The molecule has 10 rings (SSSR count). The van der Waals surface area contributed by atoms with Gasteiger partial charge in [0.2, 0.25) is 0 Å². The molecule has 312 valence electrons. The first-order valence-corrected chi connectivity index (χ1v) is 22.6. The smallest absolute Gasteiger partial charge is 0.0719 e. The van der Waals surface area contributed by atoms with Gasteiger partial charge in [0.05, 0.1) is 16.8 Å². The minimum atomic E-state index is -0.467. The molecule has 0 N–H and O–H groups in total. The lowest BCUT2D eigenvalue weighted by Gasteiger charge is -2.38. The topological polar surface area (TPSA) is 3.24 Å². The molecule has 0 bridgehead atoms. The predicted molar refractivity (Wildman–Crippen MR) is 268 cm³/mol. The van der Waals surface area contributed by atoms with Crippen molar-refractivity contribution in [1.82, 2.24) is 0 Å². The third kappa shape index (κ3) is 6.31. The number of rotatable bonds is 5. The maximum absolute atomic E-state index is 4.00. The van der Waals surface area contributed by atoms with E-state index in [1.165, 1.54) is 89.3 Å². The van der Waals surface area contributed by atoms with E-state index in [1.54, 1.807) is 0 Å². The first kappa shape index (κ1) is 41.8. The maximum Gasteiger partial charge on any atom is 0.0719 e. The van der Waals surface area contributed by atoms with Crippen LogP contribution in [0.5, 0.6) is 0 Å². The average molecular weight is 818 g/mol. The van der Waals surface area contributed by atoms with E-state index in [0.29, 0.717) is 0 Å². The molecule has 1 spiro atoms. The highest BCUT2D eigenvalue weighted by atomic mass is 15.2. The lowest BCUT2D eigenvalue weighted by Crippen LogP contribution is -2.30. The van der Waals surface area contributed by atoms with E-state index < -0.39 is 5.41 Å². The van der Waals surface area contributed by atoms with Gasteiger partial charge in [-0.2, -0.15) is 0 Å². The summed E-state index contributed by atoms with van der Waals surface area (Å²) in [5, 5.41) is 0. The van der Waals surface area contributed by atoms with Crippen LogP contribution in [0.4, 0.5) is 11.4 Å². The number of para-hydroxylation sites is 1. The molecule has 0 aromatic heterocycles. The molecule has 4 aliphatic rings. The van der Waals surface area contributed by atoms with Crippen molar-refractivity contribution in [2.45, 2.75) is 98.3 Å². The predicted octanol–water partition coefficient (Wildman–Crippen LogP) is 16.2. The summed E-state index contributed by atoms with van der Waals surface area (Å²) in [6.07, 6.45) is 15.1. The minimum Gasteiger partial charge on any atom is -0.313 e. The van der Waals surface area contributed by atoms with Gasteiger partial charge >= 0.3 is 0 Å². The quantitative estimate of drug-likeness (QED) is 0.157. The standard InChI is InChI=1S/C60H57N.C2H2/c1-38(57(3,4)5)35-51-39(2)43-33-31-41(58(6,7)8)36-52(43)60(51)49-27-18-14-24-45(49)46-34-32-42(37-53(46)60)61(54-29-19-16-23-44(54)40-21-12-11-13-22-40)55-30-20-28-50-56(55)47-25-15-17-26-48(47)59(50,9)10;1-2/h11-12,14-21,23-31,33,35-37H,32,34H2,1-10H3;1-2H/b38-35+;. The summed E-state index contributed by atoms with van der Waals surface area (Å²) < 4.78 is 0. The zero-order valence-electron chi connectivity index (χ0n) is 38.8. The number of hydrogen-bond acceptors (Lipinski definition) is 1. The van der Waals surface area contributed by atoms with Crippen molar-refractivity contribution < 1.29 is 0 Å². The van der Waals surface area contributed by atoms with Crippen LogP contribution in [-0.2, 0) is 16.2 Å². The second-order valence-electron chi connectivity index (χ2n) is 20.4. The van der Waals surface area contributed by atoms with Crippen molar-refractivity contribution in [3.8, 4) is 35.1 Å². The molecule has 0 amide bonds. The third-order valence-electron chi connectivity index (χ3n) is 14.6. The van der Waals surface area contributed by atoms with Crippen LogP contribution in [-0.4, -0.2) is 0 Å². The van der Waals surface area contributed by atoms with Crippen molar-refractivity contribution in [2.24, 2.45) is 5.41 Å². The Morgan fingerprint density at radius 1 is 0.667 bits per heavy atom. The molecule has 1 heteroatoms. The van der Waals surface area contributed by atoms with Crippen LogP contribution >= 0.6 is 0 Å². The highest BCUT2D eigenvalue weighted by molar-refractivity contribution is 5.99. The maximum atomic E-state index is 4.00. The van der Waals surface area contributed by atoms with Crippen LogP contribution in [0.15, 0.2) is 162 Å². The van der Waals surface area contributed by atoms with Crippen molar-refractivity contribution in [3.05, 3.63) is 213 Å². The van der Waals surface area contributed by atoms with E-state index in [4.69, 9.17) is 0 Å². The van der Waals surface area contributed by atoms with Gasteiger partial charge in [0.1, 0.15) is 0 Å². The summed E-state index contributed by atoms with van der Waals surface area (Å²) in [6, 6.07) is 54.7. The lowest BCUT2D eigenvalue weighted by molar-refractivity contribution is 0.502. The van der Waals surface area contributed by atoms with Crippen LogP contribution in [0.1, 0.15) is 121 Å². The Morgan fingerprint density at radius 2 is 1.32 bits per heavy atom. The molecule has 0 saturated heterocycles. The second-order valence-corrected chi connectivity index (χ2v) is 20.4. The molecule has 1 unspecified atom stereocenters. The molecule has 6 aromatic rings. The fraction of sp³-hybridized carbons (Fsp3) is 0.258. The van der Waals surface area contributed by atoms with Crippen LogP contribution in [0.2, 0.25) is 0 Å². The van der Waals surface area contributed by atoms with Crippen molar-refractivity contribution >= 4 is 22.5 Å². The number of allylic oxidation sites excluding steroid dienone is 8. The molecular formula is C62H59N. The molecular weight excluding hydrogens is 759 g/mol. The van der Waals surface area contributed by atoms with Crippen LogP contribution in [0, 0.1) is 30.4 Å². The van der Waals surface area contributed by atoms with Gasteiger partial charge in [0.15, 0.2) is 0 Å². The van der Waals surface area contributed by atoms with Gasteiger partial charge in [-0.25, -0.2) is 0 Å². The van der Waals surface area contributed by atoms with Gasteiger partial charge < -0.3 is 4.90 Å². The van der Waals surface area contributed by atoms with Crippen LogP contribution in [0.3, 0.4) is 0 Å². The van der Waals surface area contributed by atoms with Crippen molar-refractivity contribution in [3.63, 3.8) is 0 Å². The first-order valence-electron chi connectivity index (χ1n) is 22.6. The average Bonchev–Trinajstić information content (AvgIpc) is 3.81. The number of benzene rings is 5. The molecule has 63 heavy (non-hydrogen) atoms. The molecule has 0 heterocycles. The van der Waals surface area contributed by atoms with E-state index in [9.17, 15) is 0 Å². The fourth-order valence-corrected chi connectivity index (χ4v) is 10.9. The SMILES string of the molecule is C#C.CC1=C(/C=C(\C)C(C)(C)C)C2(C3=C(CCC(N(c4ccccc4-c4c#cccc4)c4cccc5c4-c4ccccc4C5(C)C)=C3)c3ccccc32)c2cc(C(C)(C)C)ccc21. The summed E-state index contributed by atoms with van der Waals surface area (Å²) in [7, 11) is 0. The van der Waals surface area contributed by atoms with Gasteiger partial charge in [-0.15, -0.1) is 12.8 Å². The summed E-state index contributed by atoms with van der Waals surface area (Å²) in [5.41, 5.74) is 24.7. The van der Waals surface area contributed by atoms with Gasteiger partial charge in [-0.05, 0) is 135 Å². The van der Waals surface area contributed by atoms with Gasteiger partial charge in [0.25, 0.3) is 0 Å². The number of fused-ring (bicyclic) bond motifs is 9. The summed E-state index contributed by atoms with van der Waals surface area (Å²) in [5.74, 6) is 0. The number of anilines is 2. The zero-order valence-corrected chi connectivity index (χ0v) is 38.8. The van der Waals surface area contributed by atoms with E-state index in [-0.39, 0.29) is 16.2 Å². The Balaban J connectivity index is 0.00000249. The highest BCUT2D eigenvalue weighted by Gasteiger charge is 2.53. The van der Waals surface area contributed by atoms with Crippen LogP contribution < -0.4 is 4.90 Å². The number of terminal acetylenes is 1. The Morgan fingerprint density at radius 3 is 2.02 bits per heavy atom. The molecule has 0 radical (unpaired) electrons. The summed E-state index contributed by atoms with van der Waals surface area (Å²) in [6.45, 7) is 23.6. The number of hydrogen-bond donors (Lipinski definition) is 0. The Kier molecular flexibility index (Phi) is 10.0. The molecule has 0 fully saturated rings. The fourth-order valence-electron chi connectivity index (χ4n) is 10.9. The Labute approximate surface area is 377 Å². The van der Waals surface area contributed by atoms with E-state index in [0.717, 1.165) is 29.7 Å². The normalized spacial score (nSPS) is 18.1. The first-order chi connectivity index (χ1) is 30.1. The second kappa shape index (κ2) is 15.1. The lowest BCUT2D eigenvalue weighted by atomic mass is 9.66. The zero-order chi connectivity index (χ0) is 44.6. The Bertz CT molecular complexity index is 2960. The van der Waals surface area contributed by atoms with Crippen molar-refractivity contribution in [2.75, 3.05) is 4.90 Å². The summed E-state index contributed by atoms with van der Waals surface area (Å²) in [4.78, 5) is 2.63. The van der Waals surface area contributed by atoms with E-state index in [1.807, 2.05) is 6.07 Å². The number of nitrogens with zero attached hydrogens (tertiary/aromatic N) is 1. The van der Waals surface area contributed by atoms with Gasteiger partial charge in [-0.1, -0.05) is 182 Å². The van der Waals surface area contributed by atoms with E-state index in [2.05, 4.69) is 233 Å². The van der Waals surface area contributed by atoms with Crippen molar-refractivity contribution in [1.29, 1.82) is 0 Å². The molecule has 1 atom stereocenters. The largest absolute Gasteiger partial charge is 0.313 e. The Hall–Kier alpha value is -6.54. The molecule has 1 nitrogen and oxygen atoms in total. The summed E-state index contributed by atoms with van der Waals surface area (Å²) >= 11 is 0. The molecule has 0 saturated carbocycles. The third-order valence-corrected chi connectivity index (χ3v) is 14.6. The van der Waals surface area contributed by atoms with E-state index >= 15 is 0 Å². The van der Waals surface area contributed by atoms with Gasteiger partial charge in [0, 0.05) is 27.8 Å². The minimum absolute atomic E-state index is 0.00289. The molecule has 0 aliphatic heterocycles.